The molecule has 0 aromatic carbocycles. The van der Waals surface area contributed by atoms with Crippen molar-refractivity contribution >= 4 is 11.8 Å². The Kier molecular flexibility index (Phi) is 16.9. The molecule has 0 aliphatic rings. The van der Waals surface area contributed by atoms with Gasteiger partial charge in [0.25, 0.3) is 0 Å². The van der Waals surface area contributed by atoms with E-state index in [4.69, 9.17) is 0 Å². The fourth-order valence-electron chi connectivity index (χ4n) is 0.595. The van der Waals surface area contributed by atoms with Crippen molar-refractivity contribution in [3.63, 3.8) is 0 Å². The van der Waals surface area contributed by atoms with Crippen LogP contribution in [0, 0.1) is 0 Å². The smallest absolute Gasteiger partial charge is 0 e. The molecule has 0 spiro atoms. The first-order valence-corrected chi connectivity index (χ1v) is 5.15. The van der Waals surface area contributed by atoms with Crippen LogP contribution in [-0.2, 0) is 17.1 Å². The molecule has 0 aliphatic carbocycles. The van der Waals surface area contributed by atoms with Crippen molar-refractivity contribution in [3.05, 3.63) is 0 Å². The fourth-order valence-corrected chi connectivity index (χ4v) is 1.78. The Morgan fingerprint density at radius 1 is 0.900 bits per heavy atom. The van der Waals surface area contributed by atoms with Gasteiger partial charge in [-0.3, -0.25) is 0 Å². The van der Waals surface area contributed by atoms with Crippen LogP contribution in [0.1, 0.15) is 39.5 Å². The van der Waals surface area contributed by atoms with Crippen LogP contribution in [0.4, 0.5) is 0 Å². The molecule has 0 rings (SSSR count). The van der Waals surface area contributed by atoms with E-state index in [1.54, 1.807) is 0 Å². The summed E-state index contributed by atoms with van der Waals surface area (Å²) in [4.78, 5) is 0. The molecule has 1 radical (unpaired) electrons. The number of hydrogen-bond acceptors (Lipinski definition) is 1. The van der Waals surface area contributed by atoms with Gasteiger partial charge in [0.1, 0.15) is 0 Å². The Bertz CT molecular complexity index is 42.5. The van der Waals surface area contributed by atoms with Gasteiger partial charge in [-0.05, 0) is 24.3 Å². The van der Waals surface area contributed by atoms with Crippen LogP contribution >= 0.6 is 11.8 Å². The van der Waals surface area contributed by atoms with Crippen molar-refractivity contribution in [2.75, 3.05) is 11.5 Å². The zero-order chi connectivity index (χ0) is 6.95. The maximum Gasteiger partial charge on any atom is 0 e. The molecular weight excluding hydrogens is 192 g/mol. The van der Waals surface area contributed by atoms with Crippen LogP contribution < -0.4 is 0 Å². The van der Waals surface area contributed by atoms with Crippen LogP contribution in [0.2, 0.25) is 0 Å². The van der Waals surface area contributed by atoms with Crippen molar-refractivity contribution in [2.45, 2.75) is 39.5 Å². The zero-order valence-electron chi connectivity index (χ0n) is 6.95. The van der Waals surface area contributed by atoms with Crippen molar-refractivity contribution < 1.29 is 17.1 Å². The Morgan fingerprint density at radius 3 is 1.60 bits per heavy atom. The van der Waals surface area contributed by atoms with Crippen LogP contribution in [0.25, 0.3) is 0 Å². The maximum atomic E-state index is 2.25. The molecule has 0 saturated carbocycles. The van der Waals surface area contributed by atoms with E-state index in [1.807, 2.05) is 0 Å². The second kappa shape index (κ2) is 12.5. The van der Waals surface area contributed by atoms with E-state index in [9.17, 15) is 0 Å². The predicted molar refractivity (Wildman–Crippen MR) is 47.1 cm³/mol. The third kappa shape index (κ3) is 11.6. The molecule has 0 unspecified atom stereocenters. The number of unbranched alkanes of at least 4 members (excludes halogenated alkanes) is 2. The van der Waals surface area contributed by atoms with Crippen LogP contribution in [0.3, 0.4) is 0 Å². The average Bonchev–Trinajstić information content (AvgIpc) is 1.89. The molecule has 0 nitrogen and oxygen atoms in total. The molecular formula is C8H18CuS. The average molecular weight is 210 g/mol. The summed E-state index contributed by atoms with van der Waals surface area (Å²) >= 11 is 2.10. The summed E-state index contributed by atoms with van der Waals surface area (Å²) < 4.78 is 0. The quantitative estimate of drug-likeness (QED) is 0.478. The summed E-state index contributed by atoms with van der Waals surface area (Å²) in [6, 6.07) is 0. The molecule has 0 aromatic rings. The molecule has 0 amide bonds. The minimum absolute atomic E-state index is 0. The van der Waals surface area contributed by atoms with E-state index in [-0.39, 0.29) is 17.1 Å². The predicted octanol–water partition coefficient (Wildman–Crippen LogP) is 3.32. The molecule has 0 N–H and O–H groups in total. The van der Waals surface area contributed by atoms with E-state index in [0.29, 0.717) is 0 Å². The summed E-state index contributed by atoms with van der Waals surface area (Å²) in [5.41, 5.74) is 0. The van der Waals surface area contributed by atoms with Crippen molar-refractivity contribution in [1.82, 2.24) is 0 Å². The monoisotopic (exact) mass is 209 g/mol. The Morgan fingerprint density at radius 2 is 1.30 bits per heavy atom. The number of rotatable bonds is 6. The summed E-state index contributed by atoms with van der Waals surface area (Å²) in [5.74, 6) is 2.74. The normalized spacial score (nSPS) is 9.00. The molecule has 10 heavy (non-hydrogen) atoms. The van der Waals surface area contributed by atoms with Crippen LogP contribution in [0.15, 0.2) is 0 Å². The van der Waals surface area contributed by atoms with E-state index < -0.39 is 0 Å². The molecule has 0 aliphatic heterocycles. The third-order valence-corrected chi connectivity index (χ3v) is 2.44. The second-order valence-corrected chi connectivity index (χ2v) is 3.54. The molecule has 67 valence electrons. The third-order valence-electron chi connectivity index (χ3n) is 1.28. The standard InChI is InChI=1S/C8H18S.Cu/c1-3-5-7-9-8-6-4-2;/h3-8H2,1-2H3;. The molecule has 0 aromatic heterocycles. The van der Waals surface area contributed by atoms with Gasteiger partial charge in [0.2, 0.25) is 0 Å². The fraction of sp³-hybridized carbons (Fsp3) is 1.00. The minimum atomic E-state index is 0. The van der Waals surface area contributed by atoms with E-state index in [1.165, 1.54) is 37.2 Å². The largest absolute Gasteiger partial charge is 0.162 e. The van der Waals surface area contributed by atoms with Gasteiger partial charge in [-0.2, -0.15) is 11.8 Å². The number of hydrogen-bond donors (Lipinski definition) is 0. The van der Waals surface area contributed by atoms with E-state index in [0.717, 1.165) is 0 Å². The van der Waals surface area contributed by atoms with Gasteiger partial charge in [-0.25, -0.2) is 0 Å². The summed E-state index contributed by atoms with van der Waals surface area (Å²) in [5, 5.41) is 0. The topological polar surface area (TPSA) is 0 Å². The van der Waals surface area contributed by atoms with Crippen LogP contribution in [-0.4, -0.2) is 11.5 Å². The van der Waals surface area contributed by atoms with Crippen LogP contribution in [0.5, 0.6) is 0 Å². The van der Waals surface area contributed by atoms with Gasteiger partial charge >= 0.3 is 0 Å². The Labute approximate surface area is 80.0 Å². The Hall–Kier alpha value is 0.869. The number of thioether (sulfide) groups is 1. The van der Waals surface area contributed by atoms with Gasteiger partial charge in [-0.15, -0.1) is 0 Å². The SMILES string of the molecule is CCCCSCCCC.[Cu]. The first-order chi connectivity index (χ1) is 4.41. The van der Waals surface area contributed by atoms with Gasteiger partial charge in [0, 0.05) is 17.1 Å². The summed E-state index contributed by atoms with van der Waals surface area (Å²) in [6.07, 6.45) is 5.49. The first-order valence-electron chi connectivity index (χ1n) is 3.99. The maximum absolute atomic E-state index is 2.25. The molecule has 0 atom stereocenters. The molecule has 0 saturated heterocycles. The van der Waals surface area contributed by atoms with Gasteiger partial charge in [-0.1, -0.05) is 26.7 Å². The van der Waals surface area contributed by atoms with Gasteiger partial charge < -0.3 is 0 Å². The molecule has 2 heteroatoms. The van der Waals surface area contributed by atoms with E-state index in [2.05, 4.69) is 25.6 Å². The molecule has 0 fully saturated rings. The van der Waals surface area contributed by atoms with Gasteiger partial charge in [0.15, 0.2) is 0 Å². The van der Waals surface area contributed by atoms with Crippen molar-refractivity contribution in [1.29, 1.82) is 0 Å². The summed E-state index contributed by atoms with van der Waals surface area (Å²) in [7, 11) is 0. The second-order valence-electron chi connectivity index (χ2n) is 2.32. The Balaban J connectivity index is 0. The van der Waals surface area contributed by atoms with E-state index >= 15 is 0 Å². The molecule has 0 bridgehead atoms. The summed E-state index contributed by atoms with van der Waals surface area (Å²) in [6.45, 7) is 4.50. The molecule has 0 heterocycles. The first kappa shape index (κ1) is 13.5. The van der Waals surface area contributed by atoms with Crippen molar-refractivity contribution in [3.8, 4) is 0 Å². The minimum Gasteiger partial charge on any atom is -0.162 e. The zero-order valence-corrected chi connectivity index (χ0v) is 8.71. The van der Waals surface area contributed by atoms with Crippen molar-refractivity contribution in [2.24, 2.45) is 0 Å². The van der Waals surface area contributed by atoms with Gasteiger partial charge in [0.05, 0.1) is 0 Å².